The highest BCUT2D eigenvalue weighted by molar-refractivity contribution is 5.35. The molecule has 2 aromatic rings. The van der Waals surface area contributed by atoms with E-state index in [1.807, 2.05) is 4.68 Å². The maximum atomic E-state index is 4.57. The molecule has 0 atom stereocenters. The number of nitrogens with zero attached hydrogens (tertiary/aromatic N) is 5. The minimum Gasteiger partial charge on any atom is -0.291 e. The molecule has 25 heavy (non-hydrogen) atoms. The summed E-state index contributed by atoms with van der Waals surface area (Å²) in [4.78, 5) is 2.69. The van der Waals surface area contributed by atoms with E-state index >= 15 is 0 Å². The van der Waals surface area contributed by atoms with Gasteiger partial charge in [-0.3, -0.25) is 4.90 Å². The molecule has 4 rings (SSSR count). The summed E-state index contributed by atoms with van der Waals surface area (Å²) in [5.41, 5.74) is 2.33. The lowest BCUT2D eigenvalue weighted by Crippen LogP contribution is -2.52. The van der Waals surface area contributed by atoms with Gasteiger partial charge in [0.25, 0.3) is 0 Å². The van der Waals surface area contributed by atoms with Crippen LogP contribution < -0.4 is 0 Å². The van der Waals surface area contributed by atoms with E-state index in [9.17, 15) is 0 Å². The van der Waals surface area contributed by atoms with Gasteiger partial charge in [-0.15, -0.1) is 5.10 Å². The fourth-order valence-electron chi connectivity index (χ4n) is 4.58. The van der Waals surface area contributed by atoms with Gasteiger partial charge >= 0.3 is 0 Å². The Morgan fingerprint density at radius 1 is 1.00 bits per heavy atom. The number of aryl methyl sites for hydroxylation is 1. The van der Waals surface area contributed by atoms with Crippen LogP contribution in [0.3, 0.4) is 0 Å². The number of hydrogen-bond acceptors (Lipinski definition) is 4. The van der Waals surface area contributed by atoms with Gasteiger partial charge in [-0.05, 0) is 87.0 Å². The Morgan fingerprint density at radius 2 is 1.68 bits per heavy atom. The molecule has 0 N–H and O–H groups in total. The van der Waals surface area contributed by atoms with Gasteiger partial charge in [0.05, 0.1) is 11.2 Å². The largest absolute Gasteiger partial charge is 0.291 e. The SMILES string of the molecule is Cc1ccc(-n2nnnc2C2(N3CCCCC3)CCC(C)CC2)cc1. The van der Waals surface area contributed by atoms with Crippen molar-refractivity contribution in [2.24, 2.45) is 5.92 Å². The van der Waals surface area contributed by atoms with Crippen LogP contribution in [-0.4, -0.2) is 38.2 Å². The van der Waals surface area contributed by atoms with Crippen LogP contribution in [0.15, 0.2) is 24.3 Å². The van der Waals surface area contributed by atoms with Crippen LogP contribution in [0, 0.1) is 12.8 Å². The molecule has 1 aliphatic carbocycles. The predicted octanol–water partition coefficient (Wildman–Crippen LogP) is 3.86. The van der Waals surface area contributed by atoms with E-state index in [0.29, 0.717) is 0 Å². The summed E-state index contributed by atoms with van der Waals surface area (Å²) >= 11 is 0. The number of tetrazole rings is 1. The van der Waals surface area contributed by atoms with Crippen LogP contribution in [0.4, 0.5) is 0 Å². The van der Waals surface area contributed by atoms with Gasteiger partial charge in [0.1, 0.15) is 0 Å². The highest BCUT2D eigenvalue weighted by Gasteiger charge is 2.45. The molecule has 2 heterocycles. The molecule has 0 bridgehead atoms. The lowest BCUT2D eigenvalue weighted by Gasteiger charge is -2.48. The first-order valence-electron chi connectivity index (χ1n) is 9.80. The van der Waals surface area contributed by atoms with E-state index in [4.69, 9.17) is 0 Å². The summed E-state index contributed by atoms with van der Waals surface area (Å²) in [6.45, 7) is 6.84. The summed E-state index contributed by atoms with van der Waals surface area (Å²) in [7, 11) is 0. The first-order chi connectivity index (χ1) is 12.2. The monoisotopic (exact) mass is 339 g/mol. The number of piperidine rings is 1. The minimum atomic E-state index is 0.00131. The van der Waals surface area contributed by atoms with Crippen LogP contribution in [-0.2, 0) is 5.54 Å². The van der Waals surface area contributed by atoms with E-state index in [0.717, 1.165) is 17.4 Å². The molecule has 0 unspecified atom stereocenters. The zero-order chi connectivity index (χ0) is 17.3. The van der Waals surface area contributed by atoms with Crippen molar-refractivity contribution in [3.63, 3.8) is 0 Å². The predicted molar refractivity (Wildman–Crippen MR) is 98.6 cm³/mol. The Morgan fingerprint density at radius 3 is 2.36 bits per heavy atom. The van der Waals surface area contributed by atoms with Gasteiger partial charge in [0.2, 0.25) is 0 Å². The number of rotatable bonds is 3. The Bertz CT molecular complexity index is 691. The normalized spacial score (nSPS) is 28.2. The van der Waals surface area contributed by atoms with Crippen molar-refractivity contribution in [1.82, 2.24) is 25.1 Å². The smallest absolute Gasteiger partial charge is 0.176 e. The second-order valence-electron chi connectivity index (χ2n) is 8.01. The molecule has 1 saturated carbocycles. The molecule has 1 aliphatic heterocycles. The Kier molecular flexibility index (Phi) is 4.59. The molecule has 1 aromatic heterocycles. The summed E-state index contributed by atoms with van der Waals surface area (Å²) < 4.78 is 1.99. The maximum absolute atomic E-state index is 4.57. The van der Waals surface area contributed by atoms with Crippen molar-refractivity contribution in [3.8, 4) is 5.69 Å². The van der Waals surface area contributed by atoms with Crippen molar-refractivity contribution in [2.45, 2.75) is 64.3 Å². The summed E-state index contributed by atoms with van der Waals surface area (Å²) in [5.74, 6) is 1.85. The topological polar surface area (TPSA) is 46.8 Å². The fraction of sp³-hybridized carbons (Fsp3) is 0.650. The lowest BCUT2D eigenvalue weighted by atomic mass is 9.74. The molecule has 0 amide bonds. The number of benzene rings is 1. The van der Waals surface area contributed by atoms with Crippen LogP contribution in [0.1, 0.15) is 63.3 Å². The summed E-state index contributed by atoms with van der Waals surface area (Å²) in [6.07, 6.45) is 8.80. The molecule has 0 spiro atoms. The molecule has 2 aliphatic rings. The number of hydrogen-bond donors (Lipinski definition) is 0. The first-order valence-corrected chi connectivity index (χ1v) is 9.80. The van der Waals surface area contributed by atoms with Gasteiger partial charge in [-0.25, -0.2) is 0 Å². The van der Waals surface area contributed by atoms with Crippen molar-refractivity contribution >= 4 is 0 Å². The van der Waals surface area contributed by atoms with Crippen molar-refractivity contribution in [3.05, 3.63) is 35.7 Å². The first kappa shape index (κ1) is 16.7. The average Bonchev–Trinajstić information content (AvgIpc) is 3.14. The number of likely N-dealkylation sites (tertiary alicyclic amines) is 1. The van der Waals surface area contributed by atoms with E-state index < -0.39 is 0 Å². The molecule has 2 fully saturated rings. The molecule has 1 aromatic carbocycles. The third-order valence-electron chi connectivity index (χ3n) is 6.23. The van der Waals surface area contributed by atoms with Gasteiger partial charge in [0.15, 0.2) is 5.82 Å². The van der Waals surface area contributed by atoms with Crippen molar-refractivity contribution in [1.29, 1.82) is 0 Å². The summed E-state index contributed by atoms with van der Waals surface area (Å²) in [5, 5.41) is 13.0. The lowest BCUT2D eigenvalue weighted by molar-refractivity contribution is 0.0110. The molecular formula is C20H29N5. The van der Waals surface area contributed by atoms with E-state index in [1.165, 1.54) is 63.6 Å². The molecule has 1 saturated heterocycles. The van der Waals surface area contributed by atoms with Crippen LogP contribution in [0.5, 0.6) is 0 Å². The standard InChI is InChI=1S/C20H29N5/c1-16-6-8-18(9-7-16)25-19(21-22-23-25)20(12-10-17(2)11-13-20)24-14-4-3-5-15-24/h6-9,17H,3-5,10-15H2,1-2H3. The van der Waals surface area contributed by atoms with Crippen molar-refractivity contribution in [2.75, 3.05) is 13.1 Å². The van der Waals surface area contributed by atoms with Gasteiger partial charge in [-0.1, -0.05) is 31.0 Å². The summed E-state index contributed by atoms with van der Waals surface area (Å²) in [6, 6.07) is 8.53. The van der Waals surface area contributed by atoms with Crippen LogP contribution in [0.2, 0.25) is 0 Å². The third kappa shape index (κ3) is 3.10. The van der Waals surface area contributed by atoms with E-state index in [-0.39, 0.29) is 5.54 Å². The zero-order valence-corrected chi connectivity index (χ0v) is 15.5. The maximum Gasteiger partial charge on any atom is 0.176 e. The van der Waals surface area contributed by atoms with Crippen LogP contribution in [0.25, 0.3) is 5.69 Å². The van der Waals surface area contributed by atoms with E-state index in [1.54, 1.807) is 0 Å². The zero-order valence-electron chi connectivity index (χ0n) is 15.5. The van der Waals surface area contributed by atoms with Crippen molar-refractivity contribution < 1.29 is 0 Å². The fourth-order valence-corrected chi connectivity index (χ4v) is 4.58. The second kappa shape index (κ2) is 6.87. The highest BCUT2D eigenvalue weighted by Crippen LogP contribution is 2.44. The molecule has 5 nitrogen and oxygen atoms in total. The van der Waals surface area contributed by atoms with Gasteiger partial charge in [-0.2, -0.15) is 4.68 Å². The van der Waals surface area contributed by atoms with Crippen LogP contribution >= 0.6 is 0 Å². The number of aromatic nitrogens is 4. The van der Waals surface area contributed by atoms with E-state index in [2.05, 4.69) is 58.5 Å². The highest BCUT2D eigenvalue weighted by atomic mass is 15.6. The second-order valence-corrected chi connectivity index (χ2v) is 8.01. The molecule has 134 valence electrons. The average molecular weight is 339 g/mol. The molecule has 5 heteroatoms. The Labute approximate surface area is 150 Å². The van der Waals surface area contributed by atoms with Gasteiger partial charge in [0, 0.05) is 0 Å². The minimum absolute atomic E-state index is 0.00131. The molecule has 0 radical (unpaired) electrons. The Balaban J connectivity index is 1.75. The van der Waals surface area contributed by atoms with Gasteiger partial charge < -0.3 is 0 Å². The quantitative estimate of drug-likeness (QED) is 0.852. The Hall–Kier alpha value is -1.75. The molecular weight excluding hydrogens is 310 g/mol. The third-order valence-corrected chi connectivity index (χ3v) is 6.23.